The van der Waals surface area contributed by atoms with Crippen molar-refractivity contribution in [3.8, 4) is 0 Å². The number of rotatable bonds is 9. The second-order valence-corrected chi connectivity index (χ2v) is 14.0. The van der Waals surface area contributed by atoms with Crippen LogP contribution in [-0.2, 0) is 26.2 Å². The first-order chi connectivity index (χ1) is 18.6. The Morgan fingerprint density at radius 1 is 0.975 bits per heavy atom. The molecule has 0 radical (unpaired) electrons. The van der Waals surface area contributed by atoms with Crippen LogP contribution >= 0.6 is 27.5 Å². The van der Waals surface area contributed by atoms with Crippen molar-refractivity contribution >= 4 is 55.1 Å². The third kappa shape index (κ3) is 8.08. The number of amides is 2. The van der Waals surface area contributed by atoms with E-state index in [1.165, 1.54) is 17.0 Å². The molecule has 3 aromatic carbocycles. The molecule has 0 spiro atoms. The van der Waals surface area contributed by atoms with E-state index in [1.807, 2.05) is 52.0 Å². The lowest BCUT2D eigenvalue weighted by Crippen LogP contribution is -2.54. The molecule has 0 bridgehead atoms. The van der Waals surface area contributed by atoms with Crippen LogP contribution in [0.25, 0.3) is 0 Å². The minimum absolute atomic E-state index is 0.0539. The monoisotopic (exact) mass is 647 g/mol. The van der Waals surface area contributed by atoms with E-state index in [2.05, 4.69) is 21.2 Å². The normalized spacial score (nSPS) is 12.5. The Labute approximate surface area is 250 Å². The van der Waals surface area contributed by atoms with Gasteiger partial charge in [0.25, 0.3) is 10.0 Å². The van der Waals surface area contributed by atoms with Crippen LogP contribution < -0.4 is 9.62 Å². The van der Waals surface area contributed by atoms with Crippen LogP contribution in [-0.4, -0.2) is 43.3 Å². The molecule has 10 heteroatoms. The Bertz CT molecular complexity index is 1470. The van der Waals surface area contributed by atoms with Crippen molar-refractivity contribution in [2.24, 2.45) is 0 Å². The molecule has 0 saturated carbocycles. The zero-order valence-corrected chi connectivity index (χ0v) is 26.7. The summed E-state index contributed by atoms with van der Waals surface area (Å²) >= 11 is 9.58. The first kappa shape index (κ1) is 31.6. The maximum Gasteiger partial charge on any atom is 0.264 e. The van der Waals surface area contributed by atoms with E-state index in [4.69, 9.17) is 11.6 Å². The van der Waals surface area contributed by atoms with Gasteiger partial charge >= 0.3 is 0 Å². The topological polar surface area (TPSA) is 86.8 Å². The highest BCUT2D eigenvalue weighted by Crippen LogP contribution is 2.29. The zero-order valence-electron chi connectivity index (χ0n) is 23.5. The fourth-order valence-corrected chi connectivity index (χ4v) is 6.06. The highest BCUT2D eigenvalue weighted by atomic mass is 79.9. The van der Waals surface area contributed by atoms with Gasteiger partial charge in [0.05, 0.1) is 10.6 Å². The van der Waals surface area contributed by atoms with Gasteiger partial charge in [-0.3, -0.25) is 13.9 Å². The average Bonchev–Trinajstić information content (AvgIpc) is 2.86. The van der Waals surface area contributed by atoms with E-state index in [0.29, 0.717) is 16.3 Å². The van der Waals surface area contributed by atoms with Gasteiger partial charge in [-0.2, -0.15) is 0 Å². The number of carbonyl (C=O) groups is 2. The number of hydrogen-bond donors (Lipinski definition) is 1. The molecule has 0 aromatic heterocycles. The van der Waals surface area contributed by atoms with Crippen molar-refractivity contribution in [1.82, 2.24) is 10.2 Å². The number of benzene rings is 3. The summed E-state index contributed by atoms with van der Waals surface area (Å²) in [7, 11) is -4.15. The summed E-state index contributed by atoms with van der Waals surface area (Å²) in [6.07, 6.45) is 0. The molecule has 3 aromatic rings. The fourth-order valence-electron chi connectivity index (χ4n) is 4.09. The van der Waals surface area contributed by atoms with Gasteiger partial charge in [-0.1, -0.05) is 57.4 Å². The quantitative estimate of drug-likeness (QED) is 0.297. The highest BCUT2D eigenvalue weighted by molar-refractivity contribution is 9.10. The molecular formula is C30H35BrClN3O4S. The molecule has 1 atom stereocenters. The molecule has 0 heterocycles. The van der Waals surface area contributed by atoms with E-state index in [-0.39, 0.29) is 17.3 Å². The van der Waals surface area contributed by atoms with Crippen LogP contribution in [0.4, 0.5) is 5.69 Å². The second kappa shape index (κ2) is 12.7. The summed E-state index contributed by atoms with van der Waals surface area (Å²) in [5.74, 6) is -0.863. The van der Waals surface area contributed by atoms with Gasteiger partial charge in [-0.25, -0.2) is 8.42 Å². The van der Waals surface area contributed by atoms with Crippen molar-refractivity contribution < 1.29 is 18.0 Å². The van der Waals surface area contributed by atoms with Crippen molar-refractivity contribution in [3.05, 3.63) is 92.9 Å². The summed E-state index contributed by atoms with van der Waals surface area (Å²) in [5, 5.41) is 3.37. The van der Waals surface area contributed by atoms with Gasteiger partial charge in [0, 0.05) is 21.6 Å². The fraction of sp³-hybridized carbons (Fsp3) is 0.333. The van der Waals surface area contributed by atoms with E-state index >= 15 is 0 Å². The van der Waals surface area contributed by atoms with Gasteiger partial charge < -0.3 is 10.2 Å². The molecule has 214 valence electrons. The van der Waals surface area contributed by atoms with Crippen molar-refractivity contribution in [3.63, 3.8) is 0 Å². The second-order valence-electron chi connectivity index (χ2n) is 10.8. The van der Waals surface area contributed by atoms with Gasteiger partial charge in [0.1, 0.15) is 12.6 Å². The maximum atomic E-state index is 14.0. The Morgan fingerprint density at radius 3 is 2.12 bits per heavy atom. The Hall–Kier alpha value is -2.88. The van der Waals surface area contributed by atoms with Crippen LogP contribution in [0.5, 0.6) is 0 Å². The predicted molar refractivity (Wildman–Crippen MR) is 164 cm³/mol. The van der Waals surface area contributed by atoms with Crippen LogP contribution in [0.1, 0.15) is 44.4 Å². The molecule has 40 heavy (non-hydrogen) atoms. The van der Waals surface area contributed by atoms with E-state index < -0.39 is 34.1 Å². The van der Waals surface area contributed by atoms with Crippen LogP contribution in [0.2, 0.25) is 5.02 Å². The molecule has 0 fully saturated rings. The van der Waals surface area contributed by atoms with E-state index in [1.54, 1.807) is 44.2 Å². The number of nitrogens with one attached hydrogen (secondary N) is 1. The molecule has 2 amide bonds. The lowest BCUT2D eigenvalue weighted by molar-refractivity contribution is -0.140. The number of halogens is 2. The van der Waals surface area contributed by atoms with Crippen molar-refractivity contribution in [2.45, 2.75) is 64.6 Å². The predicted octanol–water partition coefficient (Wildman–Crippen LogP) is 6.25. The van der Waals surface area contributed by atoms with Crippen molar-refractivity contribution in [1.29, 1.82) is 0 Å². The van der Waals surface area contributed by atoms with E-state index in [9.17, 15) is 18.0 Å². The number of sulfonamides is 1. The summed E-state index contributed by atoms with van der Waals surface area (Å²) in [6.45, 7) is 10.4. The number of carbonyl (C=O) groups excluding carboxylic acids is 2. The standard InChI is InChI=1S/C30H35BrClN3O4S/c1-20-7-14-26(15-8-20)40(38,39)35(27-16-13-25(32)17-21(27)2)19-28(36)34(18-23-9-11-24(31)12-10-23)22(3)29(37)33-30(4,5)6/h7-17,22H,18-19H2,1-6H3,(H,33,37). The van der Waals surface area contributed by atoms with Gasteiger partial charge in [-0.15, -0.1) is 0 Å². The summed E-state index contributed by atoms with van der Waals surface area (Å²) in [6, 6.07) is 17.8. The first-order valence-electron chi connectivity index (χ1n) is 12.8. The number of nitrogens with zero attached hydrogens (tertiary/aromatic N) is 2. The number of hydrogen-bond acceptors (Lipinski definition) is 4. The SMILES string of the molecule is Cc1ccc(S(=O)(=O)N(CC(=O)N(Cc2ccc(Br)cc2)C(C)C(=O)NC(C)(C)C)c2ccc(Cl)cc2C)cc1. The molecule has 1 N–H and O–H groups in total. The molecule has 0 aliphatic carbocycles. The Kier molecular flexibility index (Phi) is 10.1. The molecule has 0 aliphatic heterocycles. The zero-order chi connectivity index (χ0) is 29.8. The number of anilines is 1. The van der Waals surface area contributed by atoms with Crippen LogP contribution in [0, 0.1) is 13.8 Å². The molecule has 7 nitrogen and oxygen atoms in total. The molecule has 0 saturated heterocycles. The Balaban J connectivity index is 2.07. The van der Waals surface area contributed by atoms with Crippen LogP contribution in [0.15, 0.2) is 76.1 Å². The minimum Gasteiger partial charge on any atom is -0.350 e. The largest absolute Gasteiger partial charge is 0.350 e. The lowest BCUT2D eigenvalue weighted by atomic mass is 10.1. The summed E-state index contributed by atoms with van der Waals surface area (Å²) in [5.41, 5.74) is 2.10. The highest BCUT2D eigenvalue weighted by Gasteiger charge is 2.34. The summed E-state index contributed by atoms with van der Waals surface area (Å²) in [4.78, 5) is 28.7. The Morgan fingerprint density at radius 2 is 1.57 bits per heavy atom. The third-order valence-corrected chi connectivity index (χ3v) is 8.78. The summed E-state index contributed by atoms with van der Waals surface area (Å²) < 4.78 is 29.9. The molecule has 1 unspecified atom stereocenters. The smallest absolute Gasteiger partial charge is 0.264 e. The van der Waals surface area contributed by atoms with Crippen LogP contribution in [0.3, 0.4) is 0 Å². The molecular weight excluding hydrogens is 614 g/mol. The maximum absolute atomic E-state index is 14.0. The van der Waals surface area contributed by atoms with E-state index in [0.717, 1.165) is 19.9 Å². The number of aryl methyl sites for hydroxylation is 2. The average molecular weight is 649 g/mol. The molecule has 3 rings (SSSR count). The first-order valence-corrected chi connectivity index (χ1v) is 15.4. The molecule has 0 aliphatic rings. The lowest BCUT2D eigenvalue weighted by Gasteiger charge is -2.34. The van der Waals surface area contributed by atoms with Gasteiger partial charge in [0.15, 0.2) is 0 Å². The van der Waals surface area contributed by atoms with Gasteiger partial charge in [-0.05, 0) is 95.1 Å². The van der Waals surface area contributed by atoms with Gasteiger partial charge in [0.2, 0.25) is 11.8 Å². The third-order valence-electron chi connectivity index (χ3n) is 6.25. The minimum atomic E-state index is -4.15. The van der Waals surface area contributed by atoms with Crippen molar-refractivity contribution in [2.75, 3.05) is 10.8 Å².